The first-order chi connectivity index (χ1) is 8.18. The number of rotatable bonds is 7. The van der Waals surface area contributed by atoms with Gasteiger partial charge in [0.2, 0.25) is 0 Å². The molecule has 0 aromatic heterocycles. The van der Waals surface area contributed by atoms with Gasteiger partial charge in [-0.25, -0.2) is 4.79 Å². The van der Waals surface area contributed by atoms with Gasteiger partial charge < -0.3 is 20.3 Å². The summed E-state index contributed by atoms with van der Waals surface area (Å²) in [6.45, 7) is 2.77. The van der Waals surface area contributed by atoms with Crippen LogP contribution in [-0.2, 0) is 4.74 Å². The summed E-state index contributed by atoms with van der Waals surface area (Å²) in [4.78, 5) is 13.5. The van der Waals surface area contributed by atoms with Crippen molar-refractivity contribution in [3.05, 3.63) is 0 Å². The zero-order valence-corrected chi connectivity index (χ0v) is 11.0. The summed E-state index contributed by atoms with van der Waals surface area (Å²) in [5.41, 5.74) is 0. The van der Waals surface area contributed by atoms with Crippen molar-refractivity contribution in [1.29, 1.82) is 0 Å². The third-order valence-electron chi connectivity index (χ3n) is 2.91. The molecule has 1 saturated carbocycles. The summed E-state index contributed by atoms with van der Waals surface area (Å²) in [5.74, 6) is 0. The molecule has 1 fully saturated rings. The van der Waals surface area contributed by atoms with Gasteiger partial charge in [0.1, 0.15) is 0 Å². The third kappa shape index (κ3) is 7.18. The summed E-state index contributed by atoms with van der Waals surface area (Å²) in [6, 6.07) is 0.317. The first-order valence-electron chi connectivity index (χ1n) is 6.45. The Morgan fingerprint density at radius 1 is 1.29 bits per heavy atom. The van der Waals surface area contributed by atoms with E-state index in [1.807, 2.05) is 14.1 Å². The smallest absolute Gasteiger partial charge is 0.315 e. The van der Waals surface area contributed by atoms with E-state index in [-0.39, 0.29) is 6.03 Å². The number of hydrogen-bond donors (Lipinski definition) is 2. The Bertz CT molecular complexity index is 216. The van der Waals surface area contributed by atoms with Crippen molar-refractivity contribution in [3.8, 4) is 0 Å². The first-order valence-corrected chi connectivity index (χ1v) is 6.45. The van der Waals surface area contributed by atoms with E-state index in [0.717, 1.165) is 19.4 Å². The van der Waals surface area contributed by atoms with Crippen molar-refractivity contribution in [2.45, 2.75) is 31.7 Å². The van der Waals surface area contributed by atoms with Gasteiger partial charge in [-0.1, -0.05) is 12.8 Å². The van der Waals surface area contributed by atoms with Gasteiger partial charge in [-0.15, -0.1) is 0 Å². The van der Waals surface area contributed by atoms with Gasteiger partial charge in [-0.3, -0.25) is 0 Å². The van der Waals surface area contributed by atoms with Crippen molar-refractivity contribution < 1.29 is 9.53 Å². The predicted octanol–water partition coefficient (Wildman–Crippen LogP) is 0.806. The molecule has 0 saturated heterocycles. The van der Waals surface area contributed by atoms with Crippen molar-refractivity contribution >= 4 is 6.03 Å². The Kier molecular flexibility index (Phi) is 6.96. The average Bonchev–Trinajstić information content (AvgIpc) is 2.75. The monoisotopic (exact) mass is 243 g/mol. The number of amides is 2. The van der Waals surface area contributed by atoms with Crippen LogP contribution < -0.4 is 10.6 Å². The van der Waals surface area contributed by atoms with Crippen LogP contribution in [0.5, 0.6) is 0 Å². The molecule has 2 amide bonds. The molecule has 100 valence electrons. The maximum Gasteiger partial charge on any atom is 0.315 e. The highest BCUT2D eigenvalue weighted by Gasteiger charge is 2.16. The minimum absolute atomic E-state index is 0.0619. The zero-order valence-electron chi connectivity index (χ0n) is 11.0. The van der Waals surface area contributed by atoms with Crippen molar-refractivity contribution in [2.75, 3.05) is 40.4 Å². The van der Waals surface area contributed by atoms with Gasteiger partial charge >= 0.3 is 6.03 Å². The second kappa shape index (κ2) is 8.31. The molecule has 0 aromatic carbocycles. The lowest BCUT2D eigenvalue weighted by Crippen LogP contribution is -2.42. The Hall–Kier alpha value is -0.810. The predicted molar refractivity (Wildman–Crippen MR) is 68.2 cm³/mol. The van der Waals surface area contributed by atoms with Crippen molar-refractivity contribution in [1.82, 2.24) is 15.5 Å². The fourth-order valence-corrected chi connectivity index (χ4v) is 1.89. The standard InChI is InChI=1S/C12H25N3O2/c1-15(2)8-10-17-9-7-13-12(16)14-11-5-3-4-6-11/h11H,3-10H2,1-2H3,(H2,13,14,16). The third-order valence-corrected chi connectivity index (χ3v) is 2.91. The summed E-state index contributed by atoms with van der Waals surface area (Å²) in [7, 11) is 4.02. The molecule has 1 aliphatic rings. The number of likely N-dealkylation sites (N-methyl/N-ethyl adjacent to an activating group) is 1. The van der Waals surface area contributed by atoms with E-state index < -0.39 is 0 Å². The average molecular weight is 243 g/mol. The maximum absolute atomic E-state index is 11.5. The lowest BCUT2D eigenvalue weighted by Gasteiger charge is -2.13. The van der Waals surface area contributed by atoms with Gasteiger partial charge in [-0.05, 0) is 26.9 Å². The summed E-state index contributed by atoms with van der Waals surface area (Å²) in [5, 5.41) is 5.78. The Morgan fingerprint density at radius 2 is 2.00 bits per heavy atom. The molecular weight excluding hydrogens is 218 g/mol. The molecular formula is C12H25N3O2. The highest BCUT2D eigenvalue weighted by molar-refractivity contribution is 5.74. The SMILES string of the molecule is CN(C)CCOCCNC(=O)NC1CCCC1. The number of carbonyl (C=O) groups excluding carboxylic acids is 1. The topological polar surface area (TPSA) is 53.6 Å². The normalized spacial score (nSPS) is 16.4. The first kappa shape index (κ1) is 14.3. The van der Waals surface area contributed by atoms with E-state index in [1.165, 1.54) is 12.8 Å². The van der Waals surface area contributed by atoms with E-state index in [9.17, 15) is 4.79 Å². The number of ether oxygens (including phenoxy) is 1. The molecule has 1 aliphatic carbocycles. The highest BCUT2D eigenvalue weighted by Crippen LogP contribution is 2.17. The molecule has 5 nitrogen and oxygen atoms in total. The van der Waals surface area contributed by atoms with Crippen LogP contribution in [0.1, 0.15) is 25.7 Å². The molecule has 0 spiro atoms. The molecule has 0 radical (unpaired) electrons. The highest BCUT2D eigenvalue weighted by atomic mass is 16.5. The maximum atomic E-state index is 11.5. The number of urea groups is 1. The molecule has 0 unspecified atom stereocenters. The molecule has 0 heterocycles. The largest absolute Gasteiger partial charge is 0.378 e. The van der Waals surface area contributed by atoms with E-state index in [1.54, 1.807) is 0 Å². The lowest BCUT2D eigenvalue weighted by atomic mass is 10.3. The fourth-order valence-electron chi connectivity index (χ4n) is 1.89. The lowest BCUT2D eigenvalue weighted by molar-refractivity contribution is 0.120. The number of hydrogen-bond acceptors (Lipinski definition) is 3. The molecule has 17 heavy (non-hydrogen) atoms. The Morgan fingerprint density at radius 3 is 2.65 bits per heavy atom. The summed E-state index contributed by atoms with van der Waals surface area (Å²) in [6.07, 6.45) is 4.71. The molecule has 2 N–H and O–H groups in total. The second-order valence-corrected chi connectivity index (χ2v) is 4.80. The molecule has 0 aliphatic heterocycles. The van der Waals surface area contributed by atoms with Gasteiger partial charge in [0, 0.05) is 19.1 Å². The quantitative estimate of drug-likeness (QED) is 0.651. The van der Waals surface area contributed by atoms with Crippen LogP contribution in [0.3, 0.4) is 0 Å². The van der Waals surface area contributed by atoms with Crippen LogP contribution >= 0.6 is 0 Å². The fraction of sp³-hybridized carbons (Fsp3) is 0.917. The molecule has 0 aromatic rings. The Balaban J connectivity index is 1.89. The minimum atomic E-state index is -0.0619. The number of carbonyl (C=O) groups is 1. The molecule has 0 atom stereocenters. The Labute approximate surface area is 104 Å². The van der Waals surface area contributed by atoms with E-state index in [2.05, 4.69) is 15.5 Å². The van der Waals surface area contributed by atoms with E-state index >= 15 is 0 Å². The number of nitrogens with zero attached hydrogens (tertiary/aromatic N) is 1. The minimum Gasteiger partial charge on any atom is -0.378 e. The van der Waals surface area contributed by atoms with Crippen molar-refractivity contribution in [3.63, 3.8) is 0 Å². The molecule has 5 heteroatoms. The van der Waals surface area contributed by atoms with E-state index in [4.69, 9.17) is 4.74 Å². The van der Waals surface area contributed by atoms with Gasteiger partial charge in [0.05, 0.1) is 13.2 Å². The van der Waals surface area contributed by atoms with Crippen LogP contribution in [0.25, 0.3) is 0 Å². The number of nitrogens with one attached hydrogen (secondary N) is 2. The summed E-state index contributed by atoms with van der Waals surface area (Å²) >= 11 is 0. The van der Waals surface area contributed by atoms with Gasteiger partial charge in [0.25, 0.3) is 0 Å². The van der Waals surface area contributed by atoms with Crippen LogP contribution in [0.15, 0.2) is 0 Å². The van der Waals surface area contributed by atoms with Gasteiger partial charge in [0.15, 0.2) is 0 Å². The second-order valence-electron chi connectivity index (χ2n) is 4.80. The van der Waals surface area contributed by atoms with Crippen LogP contribution in [0.2, 0.25) is 0 Å². The van der Waals surface area contributed by atoms with E-state index in [0.29, 0.717) is 25.8 Å². The van der Waals surface area contributed by atoms with Gasteiger partial charge in [-0.2, -0.15) is 0 Å². The van der Waals surface area contributed by atoms with Crippen LogP contribution in [0.4, 0.5) is 4.79 Å². The summed E-state index contributed by atoms with van der Waals surface area (Å²) < 4.78 is 5.38. The molecule has 1 rings (SSSR count). The van der Waals surface area contributed by atoms with Crippen LogP contribution in [-0.4, -0.2) is 57.4 Å². The van der Waals surface area contributed by atoms with Crippen molar-refractivity contribution in [2.24, 2.45) is 0 Å². The zero-order chi connectivity index (χ0) is 12.5. The van der Waals surface area contributed by atoms with Crippen LogP contribution in [0, 0.1) is 0 Å². The molecule has 0 bridgehead atoms.